The van der Waals surface area contributed by atoms with Gasteiger partial charge in [-0.15, -0.1) is 0 Å². The second kappa shape index (κ2) is 7.09. The predicted octanol–water partition coefficient (Wildman–Crippen LogP) is 3.28. The molecule has 4 heteroatoms. The fraction of sp³-hybridized carbons (Fsp3) is 0.263. The molecule has 0 aliphatic carbocycles. The van der Waals surface area contributed by atoms with Crippen molar-refractivity contribution in [3.05, 3.63) is 71.7 Å². The summed E-state index contributed by atoms with van der Waals surface area (Å²) in [6.45, 7) is 2.51. The number of carbonyl (C=O) groups excluding carboxylic acids is 1. The maximum absolute atomic E-state index is 11.9. The van der Waals surface area contributed by atoms with Crippen LogP contribution in [-0.2, 0) is 17.8 Å². The summed E-state index contributed by atoms with van der Waals surface area (Å²) in [6, 6.07) is 14.3. The van der Waals surface area contributed by atoms with Crippen molar-refractivity contribution in [2.75, 3.05) is 0 Å². The number of nitrogens with one attached hydrogen (secondary N) is 1. The Bertz CT molecular complexity index is 793. The maximum Gasteiger partial charge on any atom is 0.220 e. The molecule has 0 aliphatic rings. The average Bonchev–Trinajstić information content (AvgIpc) is 2.99. The van der Waals surface area contributed by atoms with Gasteiger partial charge < -0.3 is 9.72 Å². The molecule has 0 aliphatic heterocycles. The number of hydrogen-bond acceptors (Lipinski definition) is 2. The van der Waals surface area contributed by atoms with Crippen molar-refractivity contribution < 1.29 is 4.79 Å². The van der Waals surface area contributed by atoms with E-state index in [-0.39, 0.29) is 5.91 Å². The van der Waals surface area contributed by atoms with E-state index >= 15 is 0 Å². The van der Waals surface area contributed by atoms with Crippen LogP contribution in [0.1, 0.15) is 29.7 Å². The number of benzene rings is 1. The molecule has 1 amide bonds. The Hall–Kier alpha value is -2.62. The van der Waals surface area contributed by atoms with Crippen molar-refractivity contribution in [1.82, 2.24) is 14.7 Å². The van der Waals surface area contributed by atoms with Gasteiger partial charge in [-0.1, -0.05) is 36.4 Å². The number of pyridine rings is 1. The molecule has 0 radical (unpaired) electrons. The second-order valence-electron chi connectivity index (χ2n) is 5.77. The van der Waals surface area contributed by atoms with Crippen LogP contribution >= 0.6 is 0 Å². The zero-order valence-corrected chi connectivity index (χ0v) is 13.3. The van der Waals surface area contributed by atoms with Crippen molar-refractivity contribution >= 4 is 11.6 Å². The Balaban J connectivity index is 1.47. The fourth-order valence-electron chi connectivity index (χ4n) is 2.66. The molecular weight excluding hydrogens is 286 g/mol. The smallest absolute Gasteiger partial charge is 0.220 e. The van der Waals surface area contributed by atoms with Crippen molar-refractivity contribution in [2.24, 2.45) is 0 Å². The van der Waals surface area contributed by atoms with E-state index < -0.39 is 0 Å². The van der Waals surface area contributed by atoms with Gasteiger partial charge in [-0.05, 0) is 37.0 Å². The molecule has 1 aromatic carbocycles. The number of fused-ring (bicyclic) bond motifs is 1. The molecule has 4 nitrogen and oxygen atoms in total. The van der Waals surface area contributed by atoms with Crippen molar-refractivity contribution in [1.29, 1.82) is 0 Å². The first-order valence-corrected chi connectivity index (χ1v) is 7.96. The Labute approximate surface area is 136 Å². The minimum absolute atomic E-state index is 0.0784. The number of rotatable bonds is 6. The minimum Gasteiger partial charge on any atom is -0.350 e. The van der Waals surface area contributed by atoms with E-state index in [9.17, 15) is 4.79 Å². The first-order chi connectivity index (χ1) is 11.2. The van der Waals surface area contributed by atoms with Gasteiger partial charge in [0.05, 0.1) is 12.2 Å². The molecule has 2 aromatic heterocycles. The lowest BCUT2D eigenvalue weighted by atomic mass is 10.1. The van der Waals surface area contributed by atoms with Gasteiger partial charge in [0, 0.05) is 18.8 Å². The Morgan fingerprint density at radius 3 is 2.78 bits per heavy atom. The molecule has 2 heterocycles. The third-order valence-electron chi connectivity index (χ3n) is 3.91. The molecule has 0 saturated carbocycles. The standard InChI is InChI=1S/C19H21N3O/c1-15-7-6-12-22-14-17(21-19(15)22)13-20-18(23)11-5-10-16-8-3-2-4-9-16/h2-4,6-9,12,14H,5,10-11,13H2,1H3,(H,20,23). The van der Waals surface area contributed by atoms with Crippen LogP contribution in [0.15, 0.2) is 54.9 Å². The third kappa shape index (κ3) is 3.97. The first kappa shape index (κ1) is 15.3. The van der Waals surface area contributed by atoms with Gasteiger partial charge in [0.1, 0.15) is 5.65 Å². The van der Waals surface area contributed by atoms with Crippen molar-refractivity contribution in [3.63, 3.8) is 0 Å². The van der Waals surface area contributed by atoms with Gasteiger partial charge in [-0.25, -0.2) is 4.98 Å². The first-order valence-electron chi connectivity index (χ1n) is 7.96. The zero-order valence-electron chi connectivity index (χ0n) is 13.3. The molecule has 0 saturated heterocycles. The molecule has 3 aromatic rings. The highest BCUT2D eigenvalue weighted by Gasteiger charge is 2.06. The highest BCUT2D eigenvalue weighted by atomic mass is 16.1. The minimum atomic E-state index is 0.0784. The summed E-state index contributed by atoms with van der Waals surface area (Å²) < 4.78 is 1.99. The summed E-state index contributed by atoms with van der Waals surface area (Å²) in [6.07, 6.45) is 6.27. The number of carbonyl (C=O) groups is 1. The molecule has 0 atom stereocenters. The molecule has 1 N–H and O–H groups in total. The summed E-state index contributed by atoms with van der Waals surface area (Å²) in [4.78, 5) is 16.5. The lowest BCUT2D eigenvalue weighted by Gasteiger charge is -2.03. The van der Waals surface area contributed by atoms with Crippen LogP contribution in [0.3, 0.4) is 0 Å². The summed E-state index contributed by atoms with van der Waals surface area (Å²) in [5.74, 6) is 0.0784. The third-order valence-corrected chi connectivity index (χ3v) is 3.91. The quantitative estimate of drug-likeness (QED) is 0.759. The number of nitrogens with zero attached hydrogens (tertiary/aromatic N) is 2. The predicted molar refractivity (Wildman–Crippen MR) is 91.2 cm³/mol. The van der Waals surface area contributed by atoms with Crippen LogP contribution < -0.4 is 5.32 Å². The summed E-state index contributed by atoms with van der Waals surface area (Å²) >= 11 is 0. The van der Waals surface area contributed by atoms with Gasteiger partial charge in [0.25, 0.3) is 0 Å². The lowest BCUT2D eigenvalue weighted by molar-refractivity contribution is -0.121. The fourth-order valence-corrected chi connectivity index (χ4v) is 2.66. The van der Waals surface area contributed by atoms with Crippen LogP contribution in [-0.4, -0.2) is 15.3 Å². The van der Waals surface area contributed by atoms with E-state index in [2.05, 4.69) is 22.4 Å². The number of imidazole rings is 1. The van der Waals surface area contributed by atoms with Gasteiger partial charge in [-0.2, -0.15) is 0 Å². The molecule has 3 rings (SSSR count). The molecule has 0 fully saturated rings. The number of aryl methyl sites for hydroxylation is 2. The average molecular weight is 307 g/mol. The number of hydrogen-bond donors (Lipinski definition) is 1. The summed E-state index contributed by atoms with van der Waals surface area (Å²) in [7, 11) is 0. The topological polar surface area (TPSA) is 46.4 Å². The van der Waals surface area contributed by atoms with E-state index in [1.807, 2.05) is 54.0 Å². The summed E-state index contributed by atoms with van der Waals surface area (Å²) in [5, 5.41) is 2.95. The van der Waals surface area contributed by atoms with Gasteiger partial charge >= 0.3 is 0 Å². The normalized spacial score (nSPS) is 10.8. The van der Waals surface area contributed by atoms with Crippen LogP contribution in [0.2, 0.25) is 0 Å². The van der Waals surface area contributed by atoms with Gasteiger partial charge in [-0.3, -0.25) is 4.79 Å². The number of amides is 1. The van der Waals surface area contributed by atoms with E-state index in [0.29, 0.717) is 13.0 Å². The zero-order chi connectivity index (χ0) is 16.1. The van der Waals surface area contributed by atoms with E-state index in [0.717, 1.165) is 29.7 Å². The number of aromatic nitrogens is 2. The van der Waals surface area contributed by atoms with E-state index in [1.165, 1.54) is 5.56 Å². The maximum atomic E-state index is 11.9. The second-order valence-corrected chi connectivity index (χ2v) is 5.77. The Morgan fingerprint density at radius 2 is 2.00 bits per heavy atom. The van der Waals surface area contributed by atoms with Crippen molar-refractivity contribution in [2.45, 2.75) is 32.7 Å². The highest BCUT2D eigenvalue weighted by molar-refractivity contribution is 5.75. The van der Waals surface area contributed by atoms with Gasteiger partial charge in [0.2, 0.25) is 5.91 Å². The van der Waals surface area contributed by atoms with Gasteiger partial charge in [0.15, 0.2) is 0 Å². The highest BCUT2D eigenvalue weighted by Crippen LogP contribution is 2.10. The lowest BCUT2D eigenvalue weighted by Crippen LogP contribution is -2.22. The molecular formula is C19H21N3O. The van der Waals surface area contributed by atoms with E-state index in [1.54, 1.807) is 0 Å². The van der Waals surface area contributed by atoms with Crippen LogP contribution in [0, 0.1) is 6.92 Å². The SMILES string of the molecule is Cc1cccn2cc(CNC(=O)CCCc3ccccc3)nc12. The summed E-state index contributed by atoms with van der Waals surface area (Å²) in [5.41, 5.74) is 4.24. The molecule has 118 valence electrons. The largest absolute Gasteiger partial charge is 0.350 e. The van der Waals surface area contributed by atoms with Crippen LogP contribution in [0.25, 0.3) is 5.65 Å². The molecule has 0 bridgehead atoms. The molecule has 23 heavy (non-hydrogen) atoms. The van der Waals surface area contributed by atoms with E-state index in [4.69, 9.17) is 0 Å². The van der Waals surface area contributed by atoms with Crippen LogP contribution in [0.5, 0.6) is 0 Å². The van der Waals surface area contributed by atoms with Crippen LogP contribution in [0.4, 0.5) is 0 Å². The Morgan fingerprint density at radius 1 is 1.17 bits per heavy atom. The van der Waals surface area contributed by atoms with Crippen molar-refractivity contribution in [3.8, 4) is 0 Å². The monoisotopic (exact) mass is 307 g/mol. The molecule has 0 unspecified atom stereocenters. The Kier molecular flexibility index (Phi) is 4.71. The molecule has 0 spiro atoms.